The Bertz CT molecular complexity index is 1250. The summed E-state index contributed by atoms with van der Waals surface area (Å²) < 4.78 is 0. The van der Waals surface area contributed by atoms with Crippen LogP contribution in [-0.2, 0) is 0 Å². The maximum atomic E-state index is 13.0. The van der Waals surface area contributed by atoms with E-state index in [1.165, 1.54) is 0 Å². The number of amides is 1. The zero-order chi connectivity index (χ0) is 21.8. The summed E-state index contributed by atoms with van der Waals surface area (Å²) in [6.07, 6.45) is 3.40. The number of aromatic nitrogens is 2. The zero-order valence-corrected chi connectivity index (χ0v) is 18.0. The van der Waals surface area contributed by atoms with Gasteiger partial charge in [-0.15, -0.1) is 0 Å². The summed E-state index contributed by atoms with van der Waals surface area (Å²) >= 11 is 5.33. The van der Waals surface area contributed by atoms with Crippen molar-refractivity contribution in [3.63, 3.8) is 0 Å². The average Bonchev–Trinajstić information content (AvgIpc) is 2.76. The Morgan fingerprint density at radius 3 is 2.35 bits per heavy atom. The van der Waals surface area contributed by atoms with Gasteiger partial charge in [-0.25, -0.2) is 4.98 Å². The quantitative estimate of drug-likeness (QED) is 0.329. The number of hydrogen-bond donors (Lipinski definition) is 3. The third kappa shape index (κ3) is 4.84. The molecule has 4 rings (SSSR count). The van der Waals surface area contributed by atoms with E-state index in [1.807, 2.05) is 62.4 Å². The number of nitrogens with zero attached hydrogens (tertiary/aromatic N) is 2. The minimum Gasteiger partial charge on any atom is -0.331 e. The molecule has 3 N–H and O–H groups in total. The van der Waals surface area contributed by atoms with Crippen molar-refractivity contribution in [1.82, 2.24) is 20.8 Å². The molecule has 0 unspecified atom stereocenters. The Balaban J connectivity index is 1.55. The van der Waals surface area contributed by atoms with Crippen molar-refractivity contribution in [2.24, 2.45) is 0 Å². The van der Waals surface area contributed by atoms with Gasteiger partial charge in [-0.1, -0.05) is 24.3 Å². The summed E-state index contributed by atoms with van der Waals surface area (Å²) in [4.78, 5) is 21.7. The minimum atomic E-state index is -0.307. The predicted octanol–water partition coefficient (Wildman–Crippen LogP) is 4.55. The van der Waals surface area contributed by atoms with Crippen molar-refractivity contribution < 1.29 is 4.79 Å². The second-order valence-corrected chi connectivity index (χ2v) is 7.63. The molecule has 0 aliphatic rings. The fourth-order valence-corrected chi connectivity index (χ4v) is 3.59. The van der Waals surface area contributed by atoms with E-state index >= 15 is 0 Å². The first-order valence-corrected chi connectivity index (χ1v) is 10.2. The van der Waals surface area contributed by atoms with Gasteiger partial charge in [-0.3, -0.25) is 20.6 Å². The minimum absolute atomic E-state index is 0.297. The highest BCUT2D eigenvalue weighted by atomic mass is 32.1. The molecule has 0 spiro atoms. The first kappa shape index (κ1) is 20.4. The van der Waals surface area contributed by atoms with Crippen LogP contribution in [0.4, 0.5) is 5.69 Å². The summed E-state index contributed by atoms with van der Waals surface area (Å²) in [6.45, 7) is 4.04. The summed E-state index contributed by atoms with van der Waals surface area (Å²) in [5, 5.41) is 4.15. The number of aryl methyl sites for hydroxylation is 2. The number of rotatable bonds is 3. The van der Waals surface area contributed by atoms with Crippen molar-refractivity contribution in [3.8, 4) is 11.3 Å². The SMILES string of the molecule is Cc1cc(C)cc(NC(=S)NNC(=O)c2cc(-c3ccncc3)nc3ccccc23)c1. The number of carbonyl (C=O) groups excluding carboxylic acids is 1. The molecule has 2 aromatic heterocycles. The second kappa shape index (κ2) is 8.89. The highest BCUT2D eigenvalue weighted by molar-refractivity contribution is 7.80. The molecule has 0 bridgehead atoms. The fraction of sp³-hybridized carbons (Fsp3) is 0.0833. The van der Waals surface area contributed by atoms with Crippen LogP contribution in [0.5, 0.6) is 0 Å². The van der Waals surface area contributed by atoms with Crippen LogP contribution in [0.25, 0.3) is 22.2 Å². The first-order valence-electron chi connectivity index (χ1n) is 9.75. The van der Waals surface area contributed by atoms with E-state index in [-0.39, 0.29) is 5.91 Å². The number of para-hydroxylation sites is 1. The van der Waals surface area contributed by atoms with Crippen LogP contribution < -0.4 is 16.2 Å². The van der Waals surface area contributed by atoms with Gasteiger partial charge in [0.25, 0.3) is 5.91 Å². The molecule has 1 amide bonds. The van der Waals surface area contributed by atoms with E-state index in [0.29, 0.717) is 16.4 Å². The summed E-state index contributed by atoms with van der Waals surface area (Å²) in [5.74, 6) is -0.307. The molecule has 2 heterocycles. The molecular weight excluding hydrogens is 406 g/mol. The number of hydrazine groups is 1. The molecule has 6 nitrogen and oxygen atoms in total. The van der Waals surface area contributed by atoms with Crippen molar-refractivity contribution in [2.45, 2.75) is 13.8 Å². The maximum Gasteiger partial charge on any atom is 0.270 e. The number of thiocarbonyl (C=S) groups is 1. The predicted molar refractivity (Wildman–Crippen MR) is 128 cm³/mol. The maximum absolute atomic E-state index is 13.0. The van der Waals surface area contributed by atoms with Gasteiger partial charge in [0.2, 0.25) is 0 Å². The molecule has 0 atom stereocenters. The second-order valence-electron chi connectivity index (χ2n) is 7.22. The zero-order valence-electron chi connectivity index (χ0n) is 17.1. The van der Waals surface area contributed by atoms with Gasteiger partial charge in [-0.05, 0) is 73.6 Å². The van der Waals surface area contributed by atoms with Crippen LogP contribution in [0.1, 0.15) is 21.5 Å². The lowest BCUT2D eigenvalue weighted by molar-refractivity contribution is 0.0946. The number of carbonyl (C=O) groups is 1. The summed E-state index contributed by atoms with van der Waals surface area (Å²) in [7, 11) is 0. The van der Waals surface area contributed by atoms with E-state index in [2.05, 4.69) is 32.2 Å². The topological polar surface area (TPSA) is 78.9 Å². The molecule has 2 aromatic carbocycles. The standard InChI is InChI=1S/C24H21N5OS/c1-15-11-16(2)13-18(12-15)26-24(31)29-28-23(30)20-14-22(17-7-9-25-10-8-17)27-21-6-4-3-5-19(20)21/h3-14H,1-2H3,(H,28,30)(H2,26,29,31). The first-order chi connectivity index (χ1) is 15.0. The van der Waals surface area contributed by atoms with Gasteiger partial charge in [0, 0.05) is 29.0 Å². The number of benzene rings is 2. The third-order valence-corrected chi connectivity index (χ3v) is 4.91. The Labute approximate surface area is 185 Å². The number of anilines is 1. The molecule has 154 valence electrons. The Morgan fingerprint density at radius 1 is 0.903 bits per heavy atom. The van der Waals surface area contributed by atoms with Gasteiger partial charge < -0.3 is 5.32 Å². The lowest BCUT2D eigenvalue weighted by Crippen LogP contribution is -2.43. The van der Waals surface area contributed by atoms with E-state index in [9.17, 15) is 4.79 Å². The number of nitrogens with one attached hydrogen (secondary N) is 3. The lowest BCUT2D eigenvalue weighted by Gasteiger charge is -2.14. The molecule has 7 heteroatoms. The fourth-order valence-electron chi connectivity index (χ4n) is 3.42. The molecule has 0 saturated carbocycles. The third-order valence-electron chi connectivity index (χ3n) is 4.71. The number of hydrogen-bond acceptors (Lipinski definition) is 4. The highest BCUT2D eigenvalue weighted by Crippen LogP contribution is 2.24. The molecule has 0 fully saturated rings. The van der Waals surface area contributed by atoms with Crippen LogP contribution in [0, 0.1) is 13.8 Å². The van der Waals surface area contributed by atoms with Crippen LogP contribution in [0.3, 0.4) is 0 Å². The van der Waals surface area contributed by atoms with Crippen molar-refractivity contribution in [2.75, 3.05) is 5.32 Å². The van der Waals surface area contributed by atoms with E-state index in [4.69, 9.17) is 12.2 Å². The van der Waals surface area contributed by atoms with E-state index in [0.717, 1.165) is 33.3 Å². The van der Waals surface area contributed by atoms with Gasteiger partial charge in [0.1, 0.15) is 0 Å². The van der Waals surface area contributed by atoms with Crippen LogP contribution >= 0.6 is 12.2 Å². The van der Waals surface area contributed by atoms with Crippen LogP contribution in [0.2, 0.25) is 0 Å². The monoisotopic (exact) mass is 427 g/mol. The van der Waals surface area contributed by atoms with Crippen molar-refractivity contribution in [3.05, 3.63) is 89.7 Å². The number of fused-ring (bicyclic) bond motifs is 1. The lowest BCUT2D eigenvalue weighted by atomic mass is 10.0. The van der Waals surface area contributed by atoms with Gasteiger partial charge >= 0.3 is 0 Å². The Hall–Kier alpha value is -3.84. The molecule has 31 heavy (non-hydrogen) atoms. The van der Waals surface area contributed by atoms with Gasteiger partial charge in [0.15, 0.2) is 5.11 Å². The van der Waals surface area contributed by atoms with Crippen LogP contribution in [0.15, 0.2) is 73.1 Å². The normalized spacial score (nSPS) is 10.5. The molecule has 0 aliphatic heterocycles. The molecule has 4 aromatic rings. The van der Waals surface area contributed by atoms with Gasteiger partial charge in [-0.2, -0.15) is 0 Å². The van der Waals surface area contributed by atoms with E-state index < -0.39 is 0 Å². The smallest absolute Gasteiger partial charge is 0.270 e. The average molecular weight is 428 g/mol. The highest BCUT2D eigenvalue weighted by Gasteiger charge is 2.14. The molecular formula is C24H21N5OS. The van der Waals surface area contributed by atoms with Crippen molar-refractivity contribution in [1.29, 1.82) is 0 Å². The molecule has 0 aliphatic carbocycles. The van der Waals surface area contributed by atoms with Crippen LogP contribution in [-0.4, -0.2) is 21.0 Å². The largest absolute Gasteiger partial charge is 0.331 e. The molecule has 0 radical (unpaired) electrons. The Morgan fingerprint density at radius 2 is 1.61 bits per heavy atom. The molecule has 0 saturated heterocycles. The Kier molecular flexibility index (Phi) is 5.86. The number of pyridine rings is 2. The van der Waals surface area contributed by atoms with E-state index in [1.54, 1.807) is 18.5 Å². The summed E-state index contributed by atoms with van der Waals surface area (Å²) in [5.41, 5.74) is 11.4. The van der Waals surface area contributed by atoms with Gasteiger partial charge in [0.05, 0.1) is 16.8 Å². The van der Waals surface area contributed by atoms with Crippen molar-refractivity contribution >= 4 is 39.8 Å². The summed E-state index contributed by atoms with van der Waals surface area (Å²) in [6, 6.07) is 19.1.